The van der Waals surface area contributed by atoms with Crippen LogP contribution < -0.4 is 10.3 Å². The highest BCUT2D eigenvalue weighted by Gasteiger charge is 2.25. The first-order valence-corrected chi connectivity index (χ1v) is 10.5. The quantitative estimate of drug-likeness (QED) is 0.303. The summed E-state index contributed by atoms with van der Waals surface area (Å²) in [5.41, 5.74) is 0.381. The largest absolute Gasteiger partial charge is 0.301 e. The normalized spacial score (nSPS) is 10.6. The highest BCUT2D eigenvalue weighted by molar-refractivity contribution is 6.30. The first-order chi connectivity index (χ1) is 16.3. The predicted molar refractivity (Wildman–Crippen MR) is 127 cm³/mol. The van der Waals surface area contributed by atoms with Gasteiger partial charge in [-0.2, -0.15) is 5.10 Å². The molecule has 0 saturated heterocycles. The molecule has 2 aromatic carbocycles. The van der Waals surface area contributed by atoms with Gasteiger partial charge in [0.1, 0.15) is 5.69 Å². The number of nitrogens with zero attached hydrogens (tertiary/aromatic N) is 5. The number of aryl methyl sites for hydroxylation is 1. The number of benzene rings is 2. The molecule has 1 amide bonds. The number of carbonyl (C=O) groups excluding carboxylic acids is 1. The molecule has 4 rings (SSSR count). The van der Waals surface area contributed by atoms with Crippen molar-refractivity contribution < 1.29 is 9.72 Å². The van der Waals surface area contributed by atoms with Crippen molar-refractivity contribution in [3.63, 3.8) is 0 Å². The number of carbonyl (C=O) groups is 1. The zero-order valence-corrected chi connectivity index (χ0v) is 18.7. The molecular formula is C24H18ClN5O4. The van der Waals surface area contributed by atoms with Gasteiger partial charge in [0.15, 0.2) is 5.69 Å². The monoisotopic (exact) mass is 475 g/mol. The maximum atomic E-state index is 13.6. The Hall–Kier alpha value is -4.37. The summed E-state index contributed by atoms with van der Waals surface area (Å²) in [6, 6.07) is 19.1. The molecule has 0 aliphatic heterocycles. The minimum Gasteiger partial charge on any atom is -0.301 e. The van der Waals surface area contributed by atoms with E-state index in [4.69, 9.17) is 11.6 Å². The fourth-order valence-corrected chi connectivity index (χ4v) is 3.55. The van der Waals surface area contributed by atoms with Gasteiger partial charge in [-0.05, 0) is 49.4 Å². The topological polar surface area (TPSA) is 111 Å². The number of anilines is 1. The summed E-state index contributed by atoms with van der Waals surface area (Å²) in [4.78, 5) is 43.1. The smallest absolute Gasteiger partial charge is 0.294 e. The van der Waals surface area contributed by atoms with Crippen molar-refractivity contribution in [3.8, 4) is 5.69 Å². The van der Waals surface area contributed by atoms with Gasteiger partial charge in [0, 0.05) is 34.7 Å². The Kier molecular flexibility index (Phi) is 6.46. The number of hydrogen-bond acceptors (Lipinski definition) is 6. The van der Waals surface area contributed by atoms with Crippen molar-refractivity contribution in [1.82, 2.24) is 14.8 Å². The lowest BCUT2D eigenvalue weighted by Crippen LogP contribution is -2.36. The number of hydrogen-bond donors (Lipinski definition) is 0. The van der Waals surface area contributed by atoms with E-state index in [1.165, 1.54) is 33.8 Å². The molecule has 4 aromatic rings. The standard InChI is InChI=1S/C24H18ClN5O4/c1-16-14-22(31)23(27-29(16)20-7-2-3-8-21(20)30(33)34)24(32)28(15-18-6-4-5-13-26-18)19-11-9-17(25)10-12-19/h2-14H,15H2,1H3. The van der Waals surface area contributed by atoms with Crippen LogP contribution in [0.25, 0.3) is 5.69 Å². The number of aromatic nitrogens is 3. The lowest BCUT2D eigenvalue weighted by atomic mass is 10.2. The molecule has 0 bridgehead atoms. The molecule has 2 heterocycles. The number of nitro benzene ring substituents is 1. The van der Waals surface area contributed by atoms with E-state index in [-0.39, 0.29) is 23.6 Å². The lowest BCUT2D eigenvalue weighted by molar-refractivity contribution is -0.384. The van der Waals surface area contributed by atoms with Gasteiger partial charge in [-0.1, -0.05) is 29.8 Å². The van der Waals surface area contributed by atoms with Crippen LogP contribution >= 0.6 is 11.6 Å². The van der Waals surface area contributed by atoms with Crippen molar-refractivity contribution in [1.29, 1.82) is 0 Å². The molecule has 10 heteroatoms. The third kappa shape index (κ3) is 4.69. The second kappa shape index (κ2) is 9.63. The molecule has 34 heavy (non-hydrogen) atoms. The van der Waals surface area contributed by atoms with Gasteiger partial charge in [-0.3, -0.25) is 24.7 Å². The van der Waals surface area contributed by atoms with Gasteiger partial charge in [-0.25, -0.2) is 4.68 Å². The summed E-state index contributed by atoms with van der Waals surface area (Å²) in [6.45, 7) is 1.66. The van der Waals surface area contributed by atoms with Crippen LogP contribution in [0, 0.1) is 17.0 Å². The second-order valence-electron chi connectivity index (χ2n) is 7.34. The van der Waals surface area contributed by atoms with E-state index in [9.17, 15) is 19.7 Å². The number of nitro groups is 1. The summed E-state index contributed by atoms with van der Waals surface area (Å²) in [5.74, 6) is -0.676. The zero-order valence-electron chi connectivity index (χ0n) is 18.0. The molecule has 0 aliphatic carbocycles. The molecule has 0 unspecified atom stereocenters. The molecule has 0 aliphatic rings. The Labute approximate surface area is 199 Å². The maximum absolute atomic E-state index is 13.6. The van der Waals surface area contributed by atoms with Crippen LogP contribution in [-0.4, -0.2) is 25.6 Å². The number of amides is 1. The molecular weight excluding hydrogens is 458 g/mol. The summed E-state index contributed by atoms with van der Waals surface area (Å²) in [7, 11) is 0. The number of rotatable bonds is 6. The van der Waals surface area contributed by atoms with E-state index < -0.39 is 16.3 Å². The molecule has 170 valence electrons. The summed E-state index contributed by atoms with van der Waals surface area (Å²) >= 11 is 6.01. The predicted octanol–water partition coefficient (Wildman–Crippen LogP) is 4.34. The van der Waals surface area contributed by atoms with Crippen LogP contribution in [-0.2, 0) is 6.54 Å². The summed E-state index contributed by atoms with van der Waals surface area (Å²) in [5, 5.41) is 16.3. The first-order valence-electron chi connectivity index (χ1n) is 10.2. The Morgan fingerprint density at radius 3 is 2.47 bits per heavy atom. The van der Waals surface area contributed by atoms with Crippen LogP contribution in [0.4, 0.5) is 11.4 Å². The van der Waals surface area contributed by atoms with Gasteiger partial charge >= 0.3 is 0 Å². The van der Waals surface area contributed by atoms with Crippen molar-refractivity contribution in [2.45, 2.75) is 13.5 Å². The van der Waals surface area contributed by atoms with Gasteiger partial charge in [0.2, 0.25) is 5.43 Å². The maximum Gasteiger partial charge on any atom is 0.294 e. The Bertz CT molecular complexity index is 1420. The van der Waals surface area contributed by atoms with Gasteiger partial charge < -0.3 is 4.90 Å². The van der Waals surface area contributed by atoms with Crippen LogP contribution in [0.5, 0.6) is 0 Å². The van der Waals surface area contributed by atoms with Crippen LogP contribution in [0.3, 0.4) is 0 Å². The average molecular weight is 476 g/mol. The second-order valence-corrected chi connectivity index (χ2v) is 7.78. The third-order valence-electron chi connectivity index (χ3n) is 5.05. The first kappa shape index (κ1) is 22.8. The third-order valence-corrected chi connectivity index (χ3v) is 5.30. The van der Waals surface area contributed by atoms with E-state index in [0.29, 0.717) is 22.1 Å². The molecule has 0 fully saturated rings. The van der Waals surface area contributed by atoms with Crippen molar-refractivity contribution in [3.05, 3.63) is 121 Å². The molecule has 2 aromatic heterocycles. The SMILES string of the molecule is Cc1cc(=O)c(C(=O)N(Cc2ccccn2)c2ccc(Cl)cc2)nn1-c1ccccc1[N+](=O)[O-]. The van der Waals surface area contributed by atoms with Crippen molar-refractivity contribution in [2.24, 2.45) is 0 Å². The van der Waals surface area contributed by atoms with Crippen LogP contribution in [0.2, 0.25) is 5.02 Å². The van der Waals surface area contributed by atoms with E-state index in [0.717, 1.165) is 0 Å². The van der Waals surface area contributed by atoms with Crippen molar-refractivity contribution >= 4 is 28.9 Å². The van der Waals surface area contributed by atoms with E-state index in [2.05, 4.69) is 10.1 Å². The fourth-order valence-electron chi connectivity index (χ4n) is 3.42. The number of para-hydroxylation sites is 2. The molecule has 9 nitrogen and oxygen atoms in total. The van der Waals surface area contributed by atoms with Crippen molar-refractivity contribution in [2.75, 3.05) is 4.90 Å². The zero-order chi connectivity index (χ0) is 24.2. The molecule has 0 saturated carbocycles. The molecule has 0 N–H and O–H groups in total. The lowest BCUT2D eigenvalue weighted by Gasteiger charge is -2.22. The van der Waals surface area contributed by atoms with Crippen LogP contribution in [0.1, 0.15) is 21.9 Å². The van der Waals surface area contributed by atoms with E-state index in [1.54, 1.807) is 61.7 Å². The summed E-state index contributed by atoms with van der Waals surface area (Å²) in [6.07, 6.45) is 1.60. The summed E-state index contributed by atoms with van der Waals surface area (Å²) < 4.78 is 1.23. The van der Waals surface area contributed by atoms with Crippen LogP contribution in [0.15, 0.2) is 83.8 Å². The minimum atomic E-state index is -0.676. The van der Waals surface area contributed by atoms with E-state index in [1.807, 2.05) is 0 Å². The number of halogens is 1. The van der Waals surface area contributed by atoms with Gasteiger partial charge in [0.25, 0.3) is 11.6 Å². The Morgan fingerprint density at radius 1 is 1.09 bits per heavy atom. The van der Waals surface area contributed by atoms with Gasteiger partial charge in [0.05, 0.1) is 17.2 Å². The highest BCUT2D eigenvalue weighted by atomic mass is 35.5. The Morgan fingerprint density at radius 2 is 1.79 bits per heavy atom. The fraction of sp³-hybridized carbons (Fsp3) is 0.0833. The molecule has 0 radical (unpaired) electrons. The van der Waals surface area contributed by atoms with Gasteiger partial charge in [-0.15, -0.1) is 0 Å². The Balaban J connectivity index is 1.83. The molecule has 0 atom stereocenters. The minimum absolute atomic E-state index is 0.0712. The highest BCUT2D eigenvalue weighted by Crippen LogP contribution is 2.24. The molecule has 0 spiro atoms. The number of pyridine rings is 1. The van der Waals surface area contributed by atoms with E-state index >= 15 is 0 Å². The average Bonchev–Trinajstić information content (AvgIpc) is 2.83.